The Balaban J connectivity index is 2.04. The summed E-state index contributed by atoms with van der Waals surface area (Å²) in [6.07, 6.45) is 7.25. The summed E-state index contributed by atoms with van der Waals surface area (Å²) < 4.78 is 0. The highest BCUT2D eigenvalue weighted by atomic mass is 14.9. The molecule has 1 aliphatic heterocycles. The second-order valence-corrected chi connectivity index (χ2v) is 5.11. The van der Waals surface area contributed by atoms with Gasteiger partial charge in [0.05, 0.1) is 0 Å². The summed E-state index contributed by atoms with van der Waals surface area (Å²) >= 11 is 0. The molecule has 1 heteroatoms. The highest BCUT2D eigenvalue weighted by molar-refractivity contribution is 5.00. The van der Waals surface area contributed by atoms with Gasteiger partial charge in [-0.2, -0.15) is 0 Å². The molecule has 0 aromatic rings. The van der Waals surface area contributed by atoms with E-state index in [1.54, 1.807) is 0 Å². The molecular weight excluding hydrogens is 158 g/mol. The molecule has 0 aromatic heterocycles. The van der Waals surface area contributed by atoms with Gasteiger partial charge >= 0.3 is 0 Å². The van der Waals surface area contributed by atoms with E-state index in [2.05, 4.69) is 19.2 Å². The van der Waals surface area contributed by atoms with Crippen molar-refractivity contribution in [3.63, 3.8) is 0 Å². The summed E-state index contributed by atoms with van der Waals surface area (Å²) in [4.78, 5) is 0. The van der Waals surface area contributed by atoms with Gasteiger partial charge in [-0.25, -0.2) is 0 Å². The van der Waals surface area contributed by atoms with Crippen molar-refractivity contribution < 1.29 is 0 Å². The van der Waals surface area contributed by atoms with Crippen molar-refractivity contribution >= 4 is 0 Å². The van der Waals surface area contributed by atoms with E-state index >= 15 is 0 Å². The molecule has 0 amide bonds. The van der Waals surface area contributed by atoms with E-state index in [0.29, 0.717) is 0 Å². The molecule has 2 fully saturated rings. The molecule has 0 bridgehead atoms. The van der Waals surface area contributed by atoms with Crippen LogP contribution < -0.4 is 5.32 Å². The Morgan fingerprint density at radius 1 is 1.38 bits per heavy atom. The number of nitrogens with one attached hydrogen (secondary N) is 1. The number of piperidine rings is 1. The first-order valence-electron chi connectivity index (χ1n) is 6.00. The first-order chi connectivity index (χ1) is 6.29. The summed E-state index contributed by atoms with van der Waals surface area (Å²) in [7, 11) is 0. The summed E-state index contributed by atoms with van der Waals surface area (Å²) in [5.41, 5.74) is 0.765. The Bertz CT molecular complexity index is 176. The summed E-state index contributed by atoms with van der Waals surface area (Å²) in [5.74, 6) is 1.99. The molecule has 1 aliphatic carbocycles. The van der Waals surface area contributed by atoms with Crippen molar-refractivity contribution in [1.29, 1.82) is 0 Å². The highest BCUT2D eigenvalue weighted by Gasteiger charge is 2.49. The van der Waals surface area contributed by atoms with Crippen molar-refractivity contribution in [3.8, 4) is 0 Å². The maximum atomic E-state index is 3.56. The van der Waals surface area contributed by atoms with Gasteiger partial charge < -0.3 is 5.32 Å². The lowest BCUT2D eigenvalue weighted by Gasteiger charge is -2.56. The SMILES string of the molecule is CCCC1CNCCC12CCC2C. The molecule has 1 spiro atoms. The predicted molar refractivity (Wildman–Crippen MR) is 56.7 cm³/mol. The van der Waals surface area contributed by atoms with Crippen LogP contribution in [0.5, 0.6) is 0 Å². The summed E-state index contributed by atoms with van der Waals surface area (Å²) in [6.45, 7) is 7.35. The fourth-order valence-electron chi connectivity index (χ4n) is 3.52. The molecule has 0 aromatic carbocycles. The van der Waals surface area contributed by atoms with Gasteiger partial charge in [0.1, 0.15) is 0 Å². The molecule has 3 unspecified atom stereocenters. The molecule has 1 saturated carbocycles. The molecule has 3 atom stereocenters. The minimum absolute atomic E-state index is 0.765. The van der Waals surface area contributed by atoms with Crippen LogP contribution in [0.3, 0.4) is 0 Å². The molecule has 0 radical (unpaired) electrons. The van der Waals surface area contributed by atoms with Gasteiger partial charge in [0.15, 0.2) is 0 Å². The largest absolute Gasteiger partial charge is 0.316 e. The molecule has 1 heterocycles. The van der Waals surface area contributed by atoms with E-state index in [0.717, 1.165) is 17.3 Å². The zero-order valence-electron chi connectivity index (χ0n) is 9.10. The maximum Gasteiger partial charge on any atom is -0.00151 e. The van der Waals surface area contributed by atoms with Crippen molar-refractivity contribution in [3.05, 3.63) is 0 Å². The van der Waals surface area contributed by atoms with E-state index in [1.165, 1.54) is 45.2 Å². The van der Waals surface area contributed by atoms with E-state index in [4.69, 9.17) is 0 Å². The number of hydrogen-bond donors (Lipinski definition) is 1. The molecule has 2 aliphatic rings. The topological polar surface area (TPSA) is 12.0 Å². The lowest BCUT2D eigenvalue weighted by molar-refractivity contribution is -0.0494. The van der Waals surface area contributed by atoms with Gasteiger partial charge in [-0.3, -0.25) is 0 Å². The van der Waals surface area contributed by atoms with Crippen LogP contribution >= 0.6 is 0 Å². The first kappa shape index (κ1) is 9.51. The minimum Gasteiger partial charge on any atom is -0.316 e. The minimum atomic E-state index is 0.765. The van der Waals surface area contributed by atoms with Crippen molar-refractivity contribution in [1.82, 2.24) is 5.32 Å². The molecule has 2 rings (SSSR count). The van der Waals surface area contributed by atoms with Crippen molar-refractivity contribution in [2.75, 3.05) is 13.1 Å². The Labute approximate surface area is 82.3 Å². The van der Waals surface area contributed by atoms with E-state index in [-0.39, 0.29) is 0 Å². The second-order valence-electron chi connectivity index (χ2n) is 5.11. The Hall–Kier alpha value is -0.0400. The lowest BCUT2D eigenvalue weighted by Crippen LogP contribution is -2.53. The van der Waals surface area contributed by atoms with Crippen LogP contribution in [0.1, 0.15) is 46.0 Å². The van der Waals surface area contributed by atoms with Crippen LogP contribution in [-0.4, -0.2) is 13.1 Å². The molecule has 13 heavy (non-hydrogen) atoms. The Kier molecular flexibility index (Phi) is 2.64. The van der Waals surface area contributed by atoms with Crippen LogP contribution in [0.4, 0.5) is 0 Å². The zero-order valence-corrected chi connectivity index (χ0v) is 9.10. The van der Waals surface area contributed by atoms with Crippen LogP contribution in [0.15, 0.2) is 0 Å². The van der Waals surface area contributed by atoms with Crippen LogP contribution in [0.2, 0.25) is 0 Å². The van der Waals surface area contributed by atoms with Crippen LogP contribution in [-0.2, 0) is 0 Å². The van der Waals surface area contributed by atoms with E-state index < -0.39 is 0 Å². The quantitative estimate of drug-likeness (QED) is 0.690. The highest BCUT2D eigenvalue weighted by Crippen LogP contribution is 2.56. The van der Waals surface area contributed by atoms with Gasteiger partial charge in [-0.05, 0) is 56.0 Å². The van der Waals surface area contributed by atoms with E-state index in [9.17, 15) is 0 Å². The standard InChI is InChI=1S/C12H23N/c1-3-4-11-9-13-8-7-12(11)6-5-10(12)2/h10-11,13H,3-9H2,1-2H3. The van der Waals surface area contributed by atoms with Gasteiger partial charge in [-0.1, -0.05) is 20.3 Å². The van der Waals surface area contributed by atoms with Crippen molar-refractivity contribution in [2.24, 2.45) is 17.3 Å². The third kappa shape index (κ3) is 1.41. The molecular formula is C12H23N. The summed E-state index contributed by atoms with van der Waals surface area (Å²) in [6, 6.07) is 0. The van der Waals surface area contributed by atoms with Gasteiger partial charge in [0.2, 0.25) is 0 Å². The Morgan fingerprint density at radius 3 is 2.77 bits per heavy atom. The monoisotopic (exact) mass is 181 g/mol. The fourth-order valence-corrected chi connectivity index (χ4v) is 3.52. The summed E-state index contributed by atoms with van der Waals surface area (Å²) in [5, 5.41) is 3.56. The second kappa shape index (κ2) is 3.61. The third-order valence-corrected chi connectivity index (χ3v) is 4.63. The molecule has 76 valence electrons. The average molecular weight is 181 g/mol. The smallest absolute Gasteiger partial charge is 0.00151 e. The van der Waals surface area contributed by atoms with Gasteiger partial charge in [0, 0.05) is 0 Å². The van der Waals surface area contributed by atoms with Crippen LogP contribution in [0, 0.1) is 17.3 Å². The zero-order chi connectivity index (χ0) is 9.31. The van der Waals surface area contributed by atoms with Crippen molar-refractivity contribution in [2.45, 2.75) is 46.0 Å². The first-order valence-corrected chi connectivity index (χ1v) is 6.00. The lowest BCUT2D eigenvalue weighted by atomic mass is 9.51. The maximum absolute atomic E-state index is 3.56. The fraction of sp³-hybridized carbons (Fsp3) is 1.00. The third-order valence-electron chi connectivity index (χ3n) is 4.63. The van der Waals surface area contributed by atoms with E-state index in [1.807, 2.05) is 0 Å². The molecule has 1 N–H and O–H groups in total. The van der Waals surface area contributed by atoms with Gasteiger partial charge in [0.25, 0.3) is 0 Å². The number of hydrogen-bond acceptors (Lipinski definition) is 1. The van der Waals surface area contributed by atoms with Crippen LogP contribution in [0.25, 0.3) is 0 Å². The Morgan fingerprint density at radius 2 is 2.23 bits per heavy atom. The predicted octanol–water partition coefficient (Wildman–Crippen LogP) is 2.81. The van der Waals surface area contributed by atoms with Gasteiger partial charge in [-0.15, -0.1) is 0 Å². The average Bonchev–Trinajstić information content (AvgIpc) is 2.17. The molecule has 1 nitrogen and oxygen atoms in total. The normalized spacial score (nSPS) is 44.8. The number of rotatable bonds is 2. The molecule has 1 saturated heterocycles.